The van der Waals surface area contributed by atoms with Gasteiger partial charge in [-0.3, -0.25) is 9.59 Å². The third-order valence-electron chi connectivity index (χ3n) is 4.32. The van der Waals surface area contributed by atoms with Crippen LogP contribution in [-0.2, 0) is 22.6 Å². The molecule has 27 heavy (non-hydrogen) atoms. The Hall–Kier alpha value is -2.11. The van der Waals surface area contributed by atoms with E-state index in [2.05, 4.69) is 5.32 Å². The third-order valence-corrected chi connectivity index (χ3v) is 5.03. The van der Waals surface area contributed by atoms with Crippen molar-refractivity contribution in [3.05, 3.63) is 69.5 Å². The van der Waals surface area contributed by atoms with Gasteiger partial charge in [0.15, 0.2) is 0 Å². The first kappa shape index (κ1) is 21.2. The van der Waals surface area contributed by atoms with Gasteiger partial charge in [-0.15, -0.1) is 0 Å². The van der Waals surface area contributed by atoms with Crippen LogP contribution in [0.15, 0.2) is 42.5 Å². The van der Waals surface area contributed by atoms with Crippen molar-refractivity contribution in [1.82, 2.24) is 10.2 Å². The van der Waals surface area contributed by atoms with Crippen molar-refractivity contribution in [1.29, 1.82) is 0 Å². The average Bonchev–Trinajstić information content (AvgIpc) is 2.65. The number of rotatable bonds is 7. The highest BCUT2D eigenvalue weighted by Crippen LogP contribution is 2.27. The van der Waals surface area contributed by atoms with E-state index in [1.54, 1.807) is 43.3 Å². The molecule has 2 aromatic rings. The van der Waals surface area contributed by atoms with Gasteiger partial charge in [-0.05, 0) is 30.2 Å². The SMILES string of the molecule is CC[C@@H](C(=O)NC)N(Cc1c(Cl)cccc1Cl)C(=O)Cc1ccccc1F. The summed E-state index contributed by atoms with van der Waals surface area (Å²) in [5.41, 5.74) is 0.814. The normalized spacial score (nSPS) is 11.7. The number of nitrogens with zero attached hydrogens (tertiary/aromatic N) is 1. The Balaban J connectivity index is 2.38. The van der Waals surface area contributed by atoms with Gasteiger partial charge in [-0.1, -0.05) is 54.4 Å². The van der Waals surface area contributed by atoms with Crippen LogP contribution in [0.4, 0.5) is 4.39 Å². The summed E-state index contributed by atoms with van der Waals surface area (Å²) >= 11 is 12.5. The van der Waals surface area contributed by atoms with Crippen LogP contribution in [0.1, 0.15) is 24.5 Å². The minimum absolute atomic E-state index is 0.0533. The fourth-order valence-corrected chi connectivity index (χ4v) is 3.36. The molecule has 2 rings (SSSR count). The van der Waals surface area contributed by atoms with Crippen LogP contribution in [0.5, 0.6) is 0 Å². The molecule has 2 aromatic carbocycles. The van der Waals surface area contributed by atoms with Crippen molar-refractivity contribution in [2.75, 3.05) is 7.05 Å². The van der Waals surface area contributed by atoms with Crippen molar-refractivity contribution in [2.24, 2.45) is 0 Å². The van der Waals surface area contributed by atoms with Crippen LogP contribution in [0.3, 0.4) is 0 Å². The Kier molecular flexibility index (Phi) is 7.63. The van der Waals surface area contributed by atoms with E-state index in [1.165, 1.54) is 18.0 Å². The Labute approximate surface area is 168 Å². The first-order chi connectivity index (χ1) is 12.9. The van der Waals surface area contributed by atoms with Gasteiger partial charge in [0.25, 0.3) is 0 Å². The van der Waals surface area contributed by atoms with Gasteiger partial charge in [0.1, 0.15) is 11.9 Å². The van der Waals surface area contributed by atoms with E-state index in [-0.39, 0.29) is 30.3 Å². The van der Waals surface area contributed by atoms with Crippen molar-refractivity contribution in [2.45, 2.75) is 32.4 Å². The first-order valence-corrected chi connectivity index (χ1v) is 9.32. The van der Waals surface area contributed by atoms with Crippen LogP contribution in [0, 0.1) is 5.82 Å². The lowest BCUT2D eigenvalue weighted by atomic mass is 10.1. The van der Waals surface area contributed by atoms with E-state index in [4.69, 9.17) is 23.2 Å². The largest absolute Gasteiger partial charge is 0.357 e. The first-order valence-electron chi connectivity index (χ1n) is 8.56. The Morgan fingerprint density at radius 1 is 1.11 bits per heavy atom. The maximum atomic E-state index is 14.0. The Morgan fingerprint density at radius 2 is 1.74 bits per heavy atom. The Morgan fingerprint density at radius 3 is 2.30 bits per heavy atom. The summed E-state index contributed by atoms with van der Waals surface area (Å²) in [6.45, 7) is 1.86. The summed E-state index contributed by atoms with van der Waals surface area (Å²) in [7, 11) is 1.51. The number of halogens is 3. The minimum atomic E-state index is -0.721. The molecule has 0 unspecified atom stereocenters. The second kappa shape index (κ2) is 9.72. The fourth-order valence-electron chi connectivity index (χ4n) is 2.85. The minimum Gasteiger partial charge on any atom is -0.357 e. The van der Waals surface area contributed by atoms with Crippen LogP contribution in [0.2, 0.25) is 10.0 Å². The van der Waals surface area contributed by atoms with Gasteiger partial charge >= 0.3 is 0 Å². The molecule has 144 valence electrons. The molecule has 4 nitrogen and oxygen atoms in total. The summed E-state index contributed by atoms with van der Waals surface area (Å²) < 4.78 is 14.0. The van der Waals surface area contributed by atoms with E-state index < -0.39 is 11.9 Å². The lowest BCUT2D eigenvalue weighted by molar-refractivity contribution is -0.140. The van der Waals surface area contributed by atoms with Crippen molar-refractivity contribution < 1.29 is 14.0 Å². The zero-order valence-corrected chi connectivity index (χ0v) is 16.6. The van der Waals surface area contributed by atoms with Crippen molar-refractivity contribution >= 4 is 35.0 Å². The van der Waals surface area contributed by atoms with Gasteiger partial charge in [0.2, 0.25) is 11.8 Å². The summed E-state index contributed by atoms with van der Waals surface area (Å²) in [4.78, 5) is 26.7. The molecule has 2 amide bonds. The standard InChI is InChI=1S/C20H21Cl2FN2O2/c1-3-18(20(27)24-2)25(12-14-15(21)8-6-9-16(14)22)19(26)11-13-7-4-5-10-17(13)23/h4-10,18H,3,11-12H2,1-2H3,(H,24,27)/t18-/m0/s1. The molecule has 1 N–H and O–H groups in total. The zero-order chi connectivity index (χ0) is 20.0. The van der Waals surface area contributed by atoms with E-state index in [1.807, 2.05) is 0 Å². The molecule has 0 aromatic heterocycles. The quantitative estimate of drug-likeness (QED) is 0.742. The molecule has 0 aliphatic rings. The molecule has 1 atom stereocenters. The third kappa shape index (κ3) is 5.21. The zero-order valence-electron chi connectivity index (χ0n) is 15.1. The fraction of sp³-hybridized carbons (Fsp3) is 0.300. The average molecular weight is 411 g/mol. The molecule has 0 saturated carbocycles. The number of amides is 2. The van der Waals surface area contributed by atoms with E-state index in [0.717, 1.165) is 0 Å². The van der Waals surface area contributed by atoms with Crippen LogP contribution in [-0.4, -0.2) is 29.8 Å². The van der Waals surface area contributed by atoms with Gasteiger partial charge < -0.3 is 10.2 Å². The lowest BCUT2D eigenvalue weighted by Gasteiger charge is -2.31. The highest BCUT2D eigenvalue weighted by atomic mass is 35.5. The van der Waals surface area contributed by atoms with Crippen molar-refractivity contribution in [3.8, 4) is 0 Å². The molecule has 0 radical (unpaired) electrons. The predicted octanol–water partition coefficient (Wildman–Crippen LogP) is 4.23. The monoisotopic (exact) mass is 410 g/mol. The molecule has 0 fully saturated rings. The molecule has 0 heterocycles. The van der Waals surface area contributed by atoms with Gasteiger partial charge in [-0.25, -0.2) is 4.39 Å². The van der Waals surface area contributed by atoms with Gasteiger partial charge in [0, 0.05) is 29.2 Å². The number of hydrogen-bond acceptors (Lipinski definition) is 2. The van der Waals surface area contributed by atoms with Crippen LogP contribution < -0.4 is 5.32 Å². The molecule has 0 aliphatic carbocycles. The summed E-state index contributed by atoms with van der Waals surface area (Å²) in [6.07, 6.45) is 0.229. The van der Waals surface area contributed by atoms with Gasteiger partial charge in [-0.2, -0.15) is 0 Å². The number of carbonyl (C=O) groups excluding carboxylic acids is 2. The smallest absolute Gasteiger partial charge is 0.242 e. The number of likely N-dealkylation sites (N-methyl/N-ethyl adjacent to an activating group) is 1. The summed E-state index contributed by atoms with van der Waals surface area (Å²) in [5, 5.41) is 3.37. The maximum Gasteiger partial charge on any atom is 0.242 e. The molecule has 0 bridgehead atoms. The molecule has 0 aliphatic heterocycles. The number of nitrogens with one attached hydrogen (secondary N) is 1. The Bertz CT molecular complexity index is 809. The topological polar surface area (TPSA) is 49.4 Å². The van der Waals surface area contributed by atoms with Crippen LogP contribution in [0.25, 0.3) is 0 Å². The second-order valence-electron chi connectivity index (χ2n) is 6.03. The summed E-state index contributed by atoms with van der Waals surface area (Å²) in [5.74, 6) is -1.15. The molecular weight excluding hydrogens is 390 g/mol. The highest BCUT2D eigenvalue weighted by Gasteiger charge is 2.29. The van der Waals surface area contributed by atoms with Gasteiger partial charge in [0.05, 0.1) is 6.42 Å². The van der Waals surface area contributed by atoms with Crippen LogP contribution >= 0.6 is 23.2 Å². The van der Waals surface area contributed by atoms with Crippen molar-refractivity contribution in [3.63, 3.8) is 0 Å². The molecule has 0 spiro atoms. The second-order valence-corrected chi connectivity index (χ2v) is 6.84. The number of benzene rings is 2. The molecular formula is C20H21Cl2FN2O2. The number of hydrogen-bond donors (Lipinski definition) is 1. The van der Waals surface area contributed by atoms with E-state index in [9.17, 15) is 14.0 Å². The number of carbonyl (C=O) groups is 2. The molecule has 7 heteroatoms. The maximum absolute atomic E-state index is 14.0. The highest BCUT2D eigenvalue weighted by molar-refractivity contribution is 6.36. The summed E-state index contributed by atoms with van der Waals surface area (Å²) in [6, 6.07) is 10.4. The molecule has 0 saturated heterocycles. The van der Waals surface area contributed by atoms with E-state index in [0.29, 0.717) is 22.0 Å². The lowest BCUT2D eigenvalue weighted by Crippen LogP contribution is -2.48. The van der Waals surface area contributed by atoms with E-state index >= 15 is 0 Å². The predicted molar refractivity (Wildman–Crippen MR) is 105 cm³/mol.